The van der Waals surface area contributed by atoms with Crippen molar-refractivity contribution in [3.63, 3.8) is 0 Å². The summed E-state index contributed by atoms with van der Waals surface area (Å²) in [7, 11) is 0. The van der Waals surface area contributed by atoms with Gasteiger partial charge in [0.25, 0.3) is 5.24 Å². The van der Waals surface area contributed by atoms with Gasteiger partial charge in [0.2, 0.25) is 0 Å². The minimum atomic E-state index is -0.599. The van der Waals surface area contributed by atoms with Crippen molar-refractivity contribution in [2.45, 2.75) is 26.9 Å². The molecule has 2 nitrogen and oxygen atoms in total. The molecule has 0 bridgehead atoms. The third kappa shape index (κ3) is 2.74. The Hall–Kier alpha value is -1.02. The van der Waals surface area contributed by atoms with Crippen LogP contribution in [0.1, 0.15) is 18.1 Å². The fourth-order valence-corrected chi connectivity index (χ4v) is 1.21. The van der Waals surface area contributed by atoms with E-state index >= 15 is 0 Å². The molecule has 3 heteroatoms. The molecule has 1 rings (SSSR count). The van der Waals surface area contributed by atoms with Gasteiger partial charge in [0.1, 0.15) is 5.75 Å². The molecule has 0 saturated heterocycles. The van der Waals surface area contributed by atoms with Gasteiger partial charge in [0.15, 0.2) is 6.10 Å². The number of carbonyl (C=O) groups is 1. The molecule has 0 radical (unpaired) electrons. The van der Waals surface area contributed by atoms with Crippen LogP contribution >= 0.6 is 11.6 Å². The van der Waals surface area contributed by atoms with E-state index in [1.165, 1.54) is 5.56 Å². The summed E-state index contributed by atoms with van der Waals surface area (Å²) in [4.78, 5) is 10.8. The fourth-order valence-electron chi connectivity index (χ4n) is 1.17. The van der Waals surface area contributed by atoms with Crippen LogP contribution in [0.5, 0.6) is 5.75 Å². The molecule has 1 aromatic carbocycles. The summed E-state index contributed by atoms with van der Waals surface area (Å²) in [5.74, 6) is 0.706. The lowest BCUT2D eigenvalue weighted by atomic mass is 10.1. The Morgan fingerprint density at radius 1 is 1.43 bits per heavy atom. The van der Waals surface area contributed by atoms with Gasteiger partial charge in [-0.3, -0.25) is 4.79 Å². The van der Waals surface area contributed by atoms with Crippen molar-refractivity contribution in [2.24, 2.45) is 0 Å². The van der Waals surface area contributed by atoms with E-state index in [2.05, 4.69) is 0 Å². The summed E-state index contributed by atoms with van der Waals surface area (Å²) >= 11 is 5.30. The van der Waals surface area contributed by atoms with Crippen molar-refractivity contribution in [3.05, 3.63) is 29.3 Å². The first-order valence-corrected chi connectivity index (χ1v) is 4.81. The zero-order valence-corrected chi connectivity index (χ0v) is 9.26. The van der Waals surface area contributed by atoms with Crippen LogP contribution in [0.4, 0.5) is 0 Å². The quantitative estimate of drug-likeness (QED) is 0.721. The second-order valence-corrected chi connectivity index (χ2v) is 3.71. The fraction of sp³-hybridized carbons (Fsp3) is 0.364. The Kier molecular flexibility index (Phi) is 3.53. The first-order chi connectivity index (χ1) is 6.50. The number of aryl methyl sites for hydroxylation is 2. The Labute approximate surface area is 88.8 Å². The van der Waals surface area contributed by atoms with E-state index in [4.69, 9.17) is 16.3 Å². The van der Waals surface area contributed by atoms with Gasteiger partial charge >= 0.3 is 0 Å². The van der Waals surface area contributed by atoms with Crippen molar-refractivity contribution < 1.29 is 9.53 Å². The summed E-state index contributed by atoms with van der Waals surface area (Å²) in [5, 5.41) is -0.482. The average Bonchev–Trinajstić information content (AvgIpc) is 2.09. The van der Waals surface area contributed by atoms with Gasteiger partial charge in [-0.15, -0.1) is 0 Å². The van der Waals surface area contributed by atoms with E-state index in [-0.39, 0.29) is 0 Å². The van der Waals surface area contributed by atoms with Gasteiger partial charge in [-0.2, -0.15) is 0 Å². The zero-order valence-electron chi connectivity index (χ0n) is 8.50. The number of rotatable bonds is 3. The predicted molar refractivity (Wildman–Crippen MR) is 56.9 cm³/mol. The standard InChI is InChI=1S/C11H13ClO2/c1-7-4-5-10(8(2)6-7)14-9(3)11(12)13/h4-6,9H,1-3H3. The van der Waals surface area contributed by atoms with Crippen molar-refractivity contribution in [1.29, 1.82) is 0 Å². The topological polar surface area (TPSA) is 26.3 Å². The highest BCUT2D eigenvalue weighted by Gasteiger charge is 2.12. The summed E-state index contributed by atoms with van der Waals surface area (Å²) in [5.41, 5.74) is 2.18. The molecule has 76 valence electrons. The number of ether oxygens (including phenoxy) is 1. The molecule has 0 fully saturated rings. The van der Waals surface area contributed by atoms with E-state index in [1.54, 1.807) is 6.92 Å². The van der Waals surface area contributed by atoms with Crippen molar-refractivity contribution in [1.82, 2.24) is 0 Å². The number of benzene rings is 1. The van der Waals surface area contributed by atoms with Crippen LogP contribution in [0.25, 0.3) is 0 Å². The molecule has 0 aliphatic carbocycles. The number of carbonyl (C=O) groups excluding carboxylic acids is 1. The molecule has 0 aliphatic heterocycles. The van der Waals surface area contributed by atoms with Gasteiger partial charge in [-0.25, -0.2) is 0 Å². The largest absolute Gasteiger partial charge is 0.481 e. The maximum atomic E-state index is 10.8. The summed E-state index contributed by atoms with van der Waals surface area (Å²) in [6, 6.07) is 5.79. The summed E-state index contributed by atoms with van der Waals surface area (Å²) < 4.78 is 5.38. The lowest BCUT2D eigenvalue weighted by Gasteiger charge is -2.12. The SMILES string of the molecule is Cc1ccc(OC(C)C(=O)Cl)c(C)c1. The maximum absolute atomic E-state index is 10.8. The minimum Gasteiger partial charge on any atom is -0.481 e. The zero-order chi connectivity index (χ0) is 10.7. The molecular formula is C11H13ClO2. The highest BCUT2D eigenvalue weighted by atomic mass is 35.5. The third-order valence-corrected chi connectivity index (χ3v) is 2.26. The van der Waals surface area contributed by atoms with Crippen molar-refractivity contribution in [3.8, 4) is 5.75 Å². The normalized spacial score (nSPS) is 12.3. The molecule has 0 aliphatic rings. The van der Waals surface area contributed by atoms with E-state index in [0.29, 0.717) is 5.75 Å². The van der Waals surface area contributed by atoms with Gasteiger partial charge < -0.3 is 4.74 Å². The van der Waals surface area contributed by atoms with Crippen LogP contribution < -0.4 is 4.74 Å². The molecule has 0 aromatic heterocycles. The second kappa shape index (κ2) is 4.47. The molecule has 1 atom stereocenters. The molecule has 1 aromatic rings. The lowest BCUT2D eigenvalue weighted by molar-refractivity contribution is -0.117. The molecule has 0 N–H and O–H groups in total. The summed E-state index contributed by atoms with van der Waals surface area (Å²) in [6.45, 7) is 5.58. The monoisotopic (exact) mass is 212 g/mol. The van der Waals surface area contributed by atoms with Crippen LogP contribution in [-0.2, 0) is 4.79 Å². The first-order valence-electron chi connectivity index (χ1n) is 4.44. The Morgan fingerprint density at radius 2 is 2.07 bits per heavy atom. The lowest BCUT2D eigenvalue weighted by Crippen LogP contribution is -2.19. The van der Waals surface area contributed by atoms with E-state index in [9.17, 15) is 4.79 Å². The molecule has 0 saturated carbocycles. The third-order valence-electron chi connectivity index (χ3n) is 1.95. The Balaban J connectivity index is 2.82. The highest BCUT2D eigenvalue weighted by Crippen LogP contribution is 2.20. The number of hydrogen-bond donors (Lipinski definition) is 0. The number of hydrogen-bond acceptors (Lipinski definition) is 2. The van der Waals surface area contributed by atoms with Gasteiger partial charge in [-0.05, 0) is 44.0 Å². The summed E-state index contributed by atoms with van der Waals surface area (Å²) in [6.07, 6.45) is -0.599. The van der Waals surface area contributed by atoms with Crippen LogP contribution in [0.3, 0.4) is 0 Å². The van der Waals surface area contributed by atoms with E-state index in [0.717, 1.165) is 5.56 Å². The predicted octanol–water partition coefficient (Wildman–Crippen LogP) is 2.84. The molecule has 0 amide bonds. The van der Waals surface area contributed by atoms with Crippen molar-refractivity contribution in [2.75, 3.05) is 0 Å². The van der Waals surface area contributed by atoms with Crippen LogP contribution in [0.15, 0.2) is 18.2 Å². The van der Waals surface area contributed by atoms with Gasteiger partial charge in [0.05, 0.1) is 0 Å². The minimum absolute atomic E-state index is 0.482. The smallest absolute Gasteiger partial charge is 0.262 e. The molecule has 0 spiro atoms. The highest BCUT2D eigenvalue weighted by molar-refractivity contribution is 6.64. The van der Waals surface area contributed by atoms with Gasteiger partial charge in [0, 0.05) is 0 Å². The number of halogens is 1. The molecule has 14 heavy (non-hydrogen) atoms. The average molecular weight is 213 g/mol. The molecular weight excluding hydrogens is 200 g/mol. The van der Waals surface area contributed by atoms with E-state index < -0.39 is 11.3 Å². The van der Waals surface area contributed by atoms with Crippen LogP contribution in [0.2, 0.25) is 0 Å². The van der Waals surface area contributed by atoms with E-state index in [1.807, 2.05) is 32.0 Å². The van der Waals surface area contributed by atoms with Gasteiger partial charge in [-0.1, -0.05) is 17.7 Å². The second-order valence-electron chi connectivity index (χ2n) is 3.33. The Bertz CT molecular complexity index is 347. The first kappa shape index (κ1) is 11.1. The van der Waals surface area contributed by atoms with Crippen LogP contribution in [-0.4, -0.2) is 11.3 Å². The van der Waals surface area contributed by atoms with Crippen LogP contribution in [0, 0.1) is 13.8 Å². The molecule has 1 unspecified atom stereocenters. The van der Waals surface area contributed by atoms with Crippen molar-refractivity contribution >= 4 is 16.8 Å². The maximum Gasteiger partial charge on any atom is 0.262 e. The molecule has 0 heterocycles. The Morgan fingerprint density at radius 3 is 2.57 bits per heavy atom.